The predicted molar refractivity (Wildman–Crippen MR) is 68.5 cm³/mol. The van der Waals surface area contributed by atoms with Crippen LogP contribution in [0.3, 0.4) is 0 Å². The van der Waals surface area contributed by atoms with E-state index >= 15 is 0 Å². The van der Waals surface area contributed by atoms with E-state index in [-0.39, 0.29) is 5.60 Å². The lowest BCUT2D eigenvalue weighted by molar-refractivity contribution is -0.150. The number of aliphatic hydroxyl groups is 1. The Kier molecular flexibility index (Phi) is 3.89. The summed E-state index contributed by atoms with van der Waals surface area (Å²) < 4.78 is 11.6. The molecule has 4 heteroatoms. The molecule has 3 rings (SSSR count). The second kappa shape index (κ2) is 5.45. The summed E-state index contributed by atoms with van der Waals surface area (Å²) in [5.41, 5.74) is 0.0957. The van der Waals surface area contributed by atoms with Crippen LogP contribution in [0.4, 0.5) is 0 Å². The predicted octanol–water partition coefficient (Wildman–Crippen LogP) is 1.03. The Morgan fingerprint density at radius 3 is 2.72 bits per heavy atom. The number of rotatable bonds is 2. The second-order valence-corrected chi connectivity index (χ2v) is 6.12. The highest BCUT2D eigenvalue weighted by molar-refractivity contribution is 4.94. The fourth-order valence-corrected chi connectivity index (χ4v) is 3.75. The minimum absolute atomic E-state index is 0.0957. The van der Waals surface area contributed by atoms with E-state index < -0.39 is 0 Å². The van der Waals surface area contributed by atoms with E-state index in [0.717, 1.165) is 65.0 Å². The topological polar surface area (TPSA) is 41.9 Å². The molecular weight excluding hydrogens is 230 g/mol. The standard InChI is InChI=1S/C14H25NO3/c16-11-12-1-5-15(10-12)13-2-6-18-14(9-13)3-7-17-8-4-14/h12-13,16H,1-11H2. The molecule has 3 saturated heterocycles. The van der Waals surface area contributed by atoms with Crippen LogP contribution < -0.4 is 0 Å². The Labute approximate surface area is 109 Å². The van der Waals surface area contributed by atoms with Crippen molar-refractivity contribution in [3.05, 3.63) is 0 Å². The lowest BCUT2D eigenvalue weighted by Crippen LogP contribution is -2.50. The van der Waals surface area contributed by atoms with Crippen molar-refractivity contribution < 1.29 is 14.6 Å². The molecule has 3 aliphatic heterocycles. The highest BCUT2D eigenvalue weighted by atomic mass is 16.5. The molecule has 3 aliphatic rings. The summed E-state index contributed by atoms with van der Waals surface area (Å²) in [5, 5.41) is 9.26. The third-order valence-electron chi connectivity index (χ3n) is 4.96. The van der Waals surface area contributed by atoms with Gasteiger partial charge in [0, 0.05) is 39.0 Å². The van der Waals surface area contributed by atoms with Crippen molar-refractivity contribution in [2.45, 2.75) is 43.7 Å². The van der Waals surface area contributed by atoms with E-state index in [2.05, 4.69) is 4.90 Å². The molecule has 2 unspecified atom stereocenters. The van der Waals surface area contributed by atoms with E-state index in [1.165, 1.54) is 0 Å². The van der Waals surface area contributed by atoms with E-state index in [0.29, 0.717) is 18.6 Å². The van der Waals surface area contributed by atoms with E-state index in [4.69, 9.17) is 9.47 Å². The van der Waals surface area contributed by atoms with Crippen molar-refractivity contribution in [3.63, 3.8) is 0 Å². The van der Waals surface area contributed by atoms with Gasteiger partial charge in [-0.15, -0.1) is 0 Å². The highest BCUT2D eigenvalue weighted by Gasteiger charge is 2.41. The van der Waals surface area contributed by atoms with Crippen molar-refractivity contribution in [2.75, 3.05) is 39.5 Å². The van der Waals surface area contributed by atoms with E-state index in [9.17, 15) is 5.11 Å². The number of hydrogen-bond acceptors (Lipinski definition) is 4. The van der Waals surface area contributed by atoms with Gasteiger partial charge in [-0.05, 0) is 44.6 Å². The monoisotopic (exact) mass is 255 g/mol. The Morgan fingerprint density at radius 1 is 1.17 bits per heavy atom. The van der Waals surface area contributed by atoms with Gasteiger partial charge in [-0.3, -0.25) is 4.90 Å². The van der Waals surface area contributed by atoms with Crippen LogP contribution in [0.5, 0.6) is 0 Å². The molecule has 0 aliphatic carbocycles. The quantitative estimate of drug-likeness (QED) is 0.800. The smallest absolute Gasteiger partial charge is 0.0741 e. The number of nitrogens with zero attached hydrogens (tertiary/aromatic N) is 1. The SMILES string of the molecule is OCC1CCN(C2CCOC3(CCOCC3)C2)C1. The Bertz CT molecular complexity index is 273. The van der Waals surface area contributed by atoms with Crippen molar-refractivity contribution in [1.29, 1.82) is 0 Å². The highest BCUT2D eigenvalue weighted by Crippen LogP contribution is 2.37. The van der Waals surface area contributed by atoms with Crippen LogP contribution in [0.25, 0.3) is 0 Å². The molecule has 0 amide bonds. The maximum absolute atomic E-state index is 9.26. The summed E-state index contributed by atoms with van der Waals surface area (Å²) in [6, 6.07) is 0.661. The summed E-state index contributed by atoms with van der Waals surface area (Å²) in [4.78, 5) is 2.58. The fraction of sp³-hybridized carbons (Fsp3) is 1.00. The summed E-state index contributed by atoms with van der Waals surface area (Å²) in [6.45, 7) is 5.18. The molecule has 0 bridgehead atoms. The van der Waals surface area contributed by atoms with Crippen molar-refractivity contribution >= 4 is 0 Å². The van der Waals surface area contributed by atoms with Gasteiger partial charge in [0.1, 0.15) is 0 Å². The van der Waals surface area contributed by atoms with Gasteiger partial charge < -0.3 is 14.6 Å². The average molecular weight is 255 g/mol. The molecule has 104 valence electrons. The van der Waals surface area contributed by atoms with Crippen LogP contribution in [-0.4, -0.2) is 61.2 Å². The Hall–Kier alpha value is -0.160. The van der Waals surface area contributed by atoms with Gasteiger partial charge in [0.15, 0.2) is 0 Å². The third kappa shape index (κ3) is 2.57. The summed E-state index contributed by atoms with van der Waals surface area (Å²) in [6.07, 6.45) is 5.58. The molecule has 0 aromatic carbocycles. The van der Waals surface area contributed by atoms with E-state index in [1.807, 2.05) is 0 Å². The minimum atomic E-state index is 0.0957. The maximum atomic E-state index is 9.26. The molecule has 0 radical (unpaired) electrons. The number of aliphatic hydroxyl groups excluding tert-OH is 1. The lowest BCUT2D eigenvalue weighted by atomic mass is 9.83. The molecule has 1 N–H and O–H groups in total. The normalized spacial score (nSPS) is 37.2. The first-order valence-corrected chi connectivity index (χ1v) is 7.38. The van der Waals surface area contributed by atoms with Crippen LogP contribution in [0.2, 0.25) is 0 Å². The molecule has 0 saturated carbocycles. The molecule has 4 nitrogen and oxygen atoms in total. The minimum Gasteiger partial charge on any atom is -0.396 e. The van der Waals surface area contributed by atoms with Gasteiger partial charge in [0.2, 0.25) is 0 Å². The number of hydrogen-bond donors (Lipinski definition) is 1. The molecule has 3 heterocycles. The summed E-state index contributed by atoms with van der Waals surface area (Å²) in [7, 11) is 0. The molecule has 18 heavy (non-hydrogen) atoms. The number of ether oxygens (including phenoxy) is 2. The van der Waals surface area contributed by atoms with Crippen LogP contribution in [0, 0.1) is 5.92 Å². The number of likely N-dealkylation sites (tertiary alicyclic amines) is 1. The van der Waals surface area contributed by atoms with Gasteiger partial charge in [-0.2, -0.15) is 0 Å². The molecule has 0 aromatic rings. The molecular formula is C14H25NO3. The third-order valence-corrected chi connectivity index (χ3v) is 4.96. The second-order valence-electron chi connectivity index (χ2n) is 6.12. The van der Waals surface area contributed by atoms with Gasteiger partial charge in [-0.25, -0.2) is 0 Å². The molecule has 0 aromatic heterocycles. The van der Waals surface area contributed by atoms with Crippen LogP contribution in [0.1, 0.15) is 32.1 Å². The zero-order valence-corrected chi connectivity index (χ0v) is 11.1. The van der Waals surface area contributed by atoms with Crippen molar-refractivity contribution in [3.8, 4) is 0 Å². The Morgan fingerprint density at radius 2 is 2.00 bits per heavy atom. The van der Waals surface area contributed by atoms with Crippen LogP contribution >= 0.6 is 0 Å². The van der Waals surface area contributed by atoms with Crippen molar-refractivity contribution in [1.82, 2.24) is 4.90 Å². The van der Waals surface area contributed by atoms with E-state index in [1.54, 1.807) is 0 Å². The zero-order chi connectivity index (χ0) is 12.4. The summed E-state index contributed by atoms with van der Waals surface area (Å²) in [5.74, 6) is 0.499. The van der Waals surface area contributed by atoms with Gasteiger partial charge in [-0.1, -0.05) is 0 Å². The van der Waals surface area contributed by atoms with Gasteiger partial charge >= 0.3 is 0 Å². The first-order chi connectivity index (χ1) is 8.81. The molecule has 1 spiro atoms. The first kappa shape index (κ1) is 12.9. The zero-order valence-electron chi connectivity index (χ0n) is 11.1. The molecule has 2 atom stereocenters. The Balaban J connectivity index is 1.60. The maximum Gasteiger partial charge on any atom is 0.0741 e. The lowest BCUT2D eigenvalue weighted by Gasteiger charge is -2.45. The van der Waals surface area contributed by atoms with Gasteiger partial charge in [0.25, 0.3) is 0 Å². The van der Waals surface area contributed by atoms with Gasteiger partial charge in [0.05, 0.1) is 5.60 Å². The fourth-order valence-electron chi connectivity index (χ4n) is 3.75. The summed E-state index contributed by atoms with van der Waals surface area (Å²) >= 11 is 0. The molecule has 3 fully saturated rings. The van der Waals surface area contributed by atoms with Crippen molar-refractivity contribution in [2.24, 2.45) is 5.92 Å². The van der Waals surface area contributed by atoms with Crippen LogP contribution in [0.15, 0.2) is 0 Å². The first-order valence-electron chi connectivity index (χ1n) is 7.38. The average Bonchev–Trinajstić information content (AvgIpc) is 2.88. The van der Waals surface area contributed by atoms with Crippen LogP contribution in [-0.2, 0) is 9.47 Å². The largest absolute Gasteiger partial charge is 0.396 e.